The van der Waals surface area contributed by atoms with E-state index < -0.39 is 10.0 Å². The molecule has 1 atom stereocenters. The van der Waals surface area contributed by atoms with Crippen molar-refractivity contribution in [1.82, 2.24) is 4.31 Å². The van der Waals surface area contributed by atoms with E-state index in [0.717, 1.165) is 12.8 Å². The molecule has 1 fully saturated rings. The van der Waals surface area contributed by atoms with Crippen LogP contribution in [0.4, 0.5) is 0 Å². The third-order valence-electron chi connectivity index (χ3n) is 2.11. The summed E-state index contributed by atoms with van der Waals surface area (Å²) in [5.74, 6) is 0. The van der Waals surface area contributed by atoms with Crippen LogP contribution in [-0.2, 0) is 14.8 Å². The summed E-state index contributed by atoms with van der Waals surface area (Å²) >= 11 is 0. The molecule has 4 nitrogen and oxygen atoms in total. The number of ether oxygens (including phenoxy) is 1. The average Bonchev–Trinajstić information content (AvgIpc) is 2.34. The van der Waals surface area contributed by atoms with E-state index in [2.05, 4.69) is 0 Å². The van der Waals surface area contributed by atoms with Crippen LogP contribution in [-0.4, -0.2) is 45.3 Å². The van der Waals surface area contributed by atoms with Gasteiger partial charge in [-0.05, 0) is 12.8 Å². The standard InChI is InChI=1S/C7H15NO3S/c1-11-6-7-4-3-5-8(7)12(2,9)10/h7H,3-6H2,1-2H3/t7-/m0/s1. The quantitative estimate of drug-likeness (QED) is 0.636. The molecule has 0 aromatic rings. The van der Waals surface area contributed by atoms with Crippen molar-refractivity contribution in [3.8, 4) is 0 Å². The van der Waals surface area contributed by atoms with E-state index in [1.54, 1.807) is 7.11 Å². The first-order valence-electron chi connectivity index (χ1n) is 4.01. The molecule has 0 radical (unpaired) electrons. The maximum atomic E-state index is 11.2. The van der Waals surface area contributed by atoms with Gasteiger partial charge in [-0.15, -0.1) is 0 Å². The first-order valence-corrected chi connectivity index (χ1v) is 5.86. The number of rotatable bonds is 3. The minimum atomic E-state index is -3.02. The fourth-order valence-corrected chi connectivity index (χ4v) is 2.77. The maximum Gasteiger partial charge on any atom is 0.211 e. The first-order chi connectivity index (χ1) is 5.55. The van der Waals surface area contributed by atoms with Crippen molar-refractivity contribution in [1.29, 1.82) is 0 Å². The van der Waals surface area contributed by atoms with E-state index in [1.807, 2.05) is 0 Å². The third-order valence-corrected chi connectivity index (χ3v) is 3.44. The maximum absolute atomic E-state index is 11.2. The predicted octanol–water partition coefficient (Wildman–Crippen LogP) is 0.0568. The van der Waals surface area contributed by atoms with Crippen LogP contribution in [0.25, 0.3) is 0 Å². The molecule has 1 saturated heterocycles. The topological polar surface area (TPSA) is 46.6 Å². The third kappa shape index (κ3) is 2.18. The van der Waals surface area contributed by atoms with Crippen molar-refractivity contribution in [2.75, 3.05) is 26.5 Å². The molecule has 1 heterocycles. The van der Waals surface area contributed by atoms with Crippen molar-refractivity contribution < 1.29 is 13.2 Å². The molecule has 72 valence electrons. The van der Waals surface area contributed by atoms with Gasteiger partial charge in [0.05, 0.1) is 12.9 Å². The second kappa shape index (κ2) is 3.72. The summed E-state index contributed by atoms with van der Waals surface area (Å²) in [6.07, 6.45) is 3.11. The summed E-state index contributed by atoms with van der Waals surface area (Å²) in [4.78, 5) is 0. The summed E-state index contributed by atoms with van der Waals surface area (Å²) in [6.45, 7) is 1.15. The highest BCUT2D eigenvalue weighted by Crippen LogP contribution is 2.19. The molecule has 0 aliphatic carbocycles. The van der Waals surface area contributed by atoms with Crippen LogP contribution in [0.15, 0.2) is 0 Å². The Kier molecular flexibility index (Phi) is 3.09. The summed E-state index contributed by atoms with van der Waals surface area (Å²) in [7, 11) is -1.42. The fourth-order valence-electron chi connectivity index (χ4n) is 1.60. The second-order valence-corrected chi connectivity index (χ2v) is 5.06. The predicted molar refractivity (Wildman–Crippen MR) is 46.4 cm³/mol. The smallest absolute Gasteiger partial charge is 0.211 e. The lowest BCUT2D eigenvalue weighted by atomic mass is 10.2. The zero-order chi connectivity index (χ0) is 9.19. The van der Waals surface area contributed by atoms with E-state index in [-0.39, 0.29) is 6.04 Å². The molecule has 0 aromatic heterocycles. The van der Waals surface area contributed by atoms with Gasteiger partial charge < -0.3 is 4.74 Å². The van der Waals surface area contributed by atoms with Crippen molar-refractivity contribution in [2.24, 2.45) is 0 Å². The Morgan fingerprint density at radius 2 is 2.25 bits per heavy atom. The zero-order valence-electron chi connectivity index (χ0n) is 7.49. The van der Waals surface area contributed by atoms with Gasteiger partial charge in [0.2, 0.25) is 10.0 Å². The van der Waals surface area contributed by atoms with Crippen LogP contribution < -0.4 is 0 Å². The molecule has 0 N–H and O–H groups in total. The Morgan fingerprint density at radius 1 is 1.58 bits per heavy atom. The van der Waals surface area contributed by atoms with E-state index in [4.69, 9.17) is 4.74 Å². The molecule has 12 heavy (non-hydrogen) atoms. The van der Waals surface area contributed by atoms with Gasteiger partial charge in [-0.2, -0.15) is 4.31 Å². The molecule has 0 bridgehead atoms. The Bertz CT molecular complexity index is 237. The van der Waals surface area contributed by atoms with Gasteiger partial charge in [-0.1, -0.05) is 0 Å². The monoisotopic (exact) mass is 193 g/mol. The Labute approximate surface area is 73.6 Å². The van der Waals surface area contributed by atoms with Gasteiger partial charge in [-0.3, -0.25) is 0 Å². The Balaban J connectivity index is 2.64. The number of sulfonamides is 1. The second-order valence-electron chi connectivity index (χ2n) is 3.13. The van der Waals surface area contributed by atoms with Crippen LogP contribution in [0, 0.1) is 0 Å². The fraction of sp³-hybridized carbons (Fsp3) is 1.00. The lowest BCUT2D eigenvalue weighted by Gasteiger charge is -2.20. The minimum absolute atomic E-state index is 0.0602. The first kappa shape index (κ1) is 9.95. The van der Waals surface area contributed by atoms with Crippen LogP contribution in [0.5, 0.6) is 0 Å². The van der Waals surface area contributed by atoms with E-state index in [1.165, 1.54) is 10.6 Å². The molecule has 5 heteroatoms. The molecular weight excluding hydrogens is 178 g/mol. The molecule has 0 spiro atoms. The largest absolute Gasteiger partial charge is 0.383 e. The van der Waals surface area contributed by atoms with Gasteiger partial charge in [0.25, 0.3) is 0 Å². The van der Waals surface area contributed by atoms with Gasteiger partial charge in [0, 0.05) is 19.7 Å². The van der Waals surface area contributed by atoms with Crippen LogP contribution in [0.2, 0.25) is 0 Å². The van der Waals surface area contributed by atoms with Gasteiger partial charge in [0.1, 0.15) is 0 Å². The summed E-state index contributed by atoms with van der Waals surface area (Å²) < 4.78 is 28.8. The average molecular weight is 193 g/mol. The summed E-state index contributed by atoms with van der Waals surface area (Å²) in [5.41, 5.74) is 0. The van der Waals surface area contributed by atoms with Crippen molar-refractivity contribution in [3.63, 3.8) is 0 Å². The molecule has 0 unspecified atom stereocenters. The van der Waals surface area contributed by atoms with Gasteiger partial charge >= 0.3 is 0 Å². The van der Waals surface area contributed by atoms with Gasteiger partial charge in [-0.25, -0.2) is 8.42 Å². The molecule has 0 aromatic carbocycles. The number of hydrogen-bond acceptors (Lipinski definition) is 3. The molecular formula is C7H15NO3S. The van der Waals surface area contributed by atoms with Crippen LogP contribution in [0.3, 0.4) is 0 Å². The number of methoxy groups -OCH3 is 1. The molecule has 1 aliphatic heterocycles. The van der Waals surface area contributed by atoms with Crippen LogP contribution >= 0.6 is 0 Å². The van der Waals surface area contributed by atoms with Gasteiger partial charge in [0.15, 0.2) is 0 Å². The molecule has 1 aliphatic rings. The number of hydrogen-bond donors (Lipinski definition) is 0. The normalized spacial score (nSPS) is 26.3. The highest BCUT2D eigenvalue weighted by atomic mass is 32.2. The van der Waals surface area contributed by atoms with Crippen molar-refractivity contribution in [3.05, 3.63) is 0 Å². The van der Waals surface area contributed by atoms with E-state index in [9.17, 15) is 8.42 Å². The Hall–Kier alpha value is -0.130. The highest BCUT2D eigenvalue weighted by molar-refractivity contribution is 7.88. The van der Waals surface area contributed by atoms with Crippen molar-refractivity contribution >= 4 is 10.0 Å². The lowest BCUT2D eigenvalue weighted by Crippen LogP contribution is -2.37. The van der Waals surface area contributed by atoms with Crippen molar-refractivity contribution in [2.45, 2.75) is 18.9 Å². The Morgan fingerprint density at radius 3 is 2.75 bits per heavy atom. The number of nitrogens with zero attached hydrogens (tertiary/aromatic N) is 1. The molecule has 0 saturated carbocycles. The highest BCUT2D eigenvalue weighted by Gasteiger charge is 2.30. The SMILES string of the molecule is COC[C@@H]1CCCN1S(C)(=O)=O. The zero-order valence-corrected chi connectivity index (χ0v) is 8.30. The van der Waals surface area contributed by atoms with Crippen LogP contribution in [0.1, 0.15) is 12.8 Å². The lowest BCUT2D eigenvalue weighted by molar-refractivity contribution is 0.149. The molecule has 0 amide bonds. The summed E-state index contributed by atoms with van der Waals surface area (Å²) in [6, 6.07) is 0.0602. The molecule has 1 rings (SSSR count). The van der Waals surface area contributed by atoms with E-state index >= 15 is 0 Å². The van der Waals surface area contributed by atoms with E-state index in [0.29, 0.717) is 13.2 Å². The summed E-state index contributed by atoms with van der Waals surface area (Å²) in [5, 5.41) is 0. The minimum Gasteiger partial charge on any atom is -0.383 e.